The molecule has 0 aromatic heterocycles. The van der Waals surface area contributed by atoms with E-state index >= 15 is 0 Å². The molecule has 0 unspecified atom stereocenters. The Morgan fingerprint density at radius 2 is 1.67 bits per heavy atom. The minimum Gasteiger partial charge on any atom is -0.490 e. The number of nitrogens with two attached hydrogens (primary N) is 1. The molecule has 0 fully saturated rings. The molecule has 0 spiro atoms. The summed E-state index contributed by atoms with van der Waals surface area (Å²) >= 11 is 0. The lowest BCUT2D eigenvalue weighted by atomic mass is 10.1. The maximum absolute atomic E-state index is 5.87. The first-order valence-corrected chi connectivity index (χ1v) is 8.40. The Labute approximate surface area is 129 Å². The highest BCUT2D eigenvalue weighted by Crippen LogP contribution is 2.29. The fraction of sp³-hybridized carbons (Fsp3) is 0.667. The lowest BCUT2D eigenvalue weighted by Gasteiger charge is -2.13. The average molecular weight is 293 g/mol. The van der Waals surface area contributed by atoms with Crippen LogP contribution in [0.2, 0.25) is 0 Å². The van der Waals surface area contributed by atoms with E-state index in [0.29, 0.717) is 13.2 Å². The van der Waals surface area contributed by atoms with Crippen LogP contribution in [-0.2, 0) is 6.42 Å². The van der Waals surface area contributed by atoms with Crippen molar-refractivity contribution in [3.05, 3.63) is 23.8 Å². The molecule has 0 heterocycles. The third-order valence-electron chi connectivity index (χ3n) is 3.50. The zero-order chi connectivity index (χ0) is 15.3. The second kappa shape index (κ2) is 11.4. The summed E-state index contributed by atoms with van der Waals surface area (Å²) in [6.45, 7) is 6.31. The van der Waals surface area contributed by atoms with Gasteiger partial charge in [0, 0.05) is 0 Å². The predicted molar refractivity (Wildman–Crippen MR) is 89.2 cm³/mol. The van der Waals surface area contributed by atoms with Crippen molar-refractivity contribution in [2.75, 3.05) is 19.8 Å². The normalized spacial score (nSPS) is 10.6. The predicted octanol–water partition coefficient (Wildman–Crippen LogP) is 4.33. The first-order valence-electron chi connectivity index (χ1n) is 8.40. The van der Waals surface area contributed by atoms with E-state index in [9.17, 15) is 0 Å². The van der Waals surface area contributed by atoms with Gasteiger partial charge in [0.25, 0.3) is 0 Å². The van der Waals surface area contributed by atoms with Gasteiger partial charge in [-0.1, -0.05) is 45.1 Å². The quantitative estimate of drug-likeness (QED) is 0.583. The van der Waals surface area contributed by atoms with Crippen molar-refractivity contribution in [1.29, 1.82) is 0 Å². The van der Waals surface area contributed by atoms with Gasteiger partial charge in [-0.2, -0.15) is 0 Å². The van der Waals surface area contributed by atoms with E-state index in [0.717, 1.165) is 30.9 Å². The van der Waals surface area contributed by atoms with Crippen LogP contribution in [0.5, 0.6) is 11.5 Å². The van der Waals surface area contributed by atoms with Gasteiger partial charge in [0.1, 0.15) is 0 Å². The highest BCUT2D eigenvalue weighted by Gasteiger charge is 2.06. The highest BCUT2D eigenvalue weighted by atomic mass is 16.5. The van der Waals surface area contributed by atoms with E-state index in [1.54, 1.807) is 0 Å². The maximum Gasteiger partial charge on any atom is 0.161 e. The lowest BCUT2D eigenvalue weighted by Crippen LogP contribution is -2.05. The van der Waals surface area contributed by atoms with E-state index in [-0.39, 0.29) is 0 Å². The monoisotopic (exact) mass is 293 g/mol. The first-order chi connectivity index (χ1) is 10.3. The molecule has 0 saturated heterocycles. The second-order valence-corrected chi connectivity index (χ2v) is 5.37. The molecule has 0 aliphatic heterocycles. The molecular weight excluding hydrogens is 262 g/mol. The van der Waals surface area contributed by atoms with Gasteiger partial charge in [0.2, 0.25) is 0 Å². The Balaban J connectivity index is 2.38. The first kappa shape index (κ1) is 17.8. The minimum absolute atomic E-state index is 0.652. The molecule has 1 aromatic carbocycles. The van der Waals surface area contributed by atoms with Crippen LogP contribution in [-0.4, -0.2) is 19.8 Å². The van der Waals surface area contributed by atoms with Gasteiger partial charge in [-0.3, -0.25) is 0 Å². The number of unbranched alkanes of at least 4 members (excludes halogenated alkanes) is 5. The van der Waals surface area contributed by atoms with Crippen molar-refractivity contribution in [2.24, 2.45) is 5.73 Å². The molecule has 3 heteroatoms. The maximum atomic E-state index is 5.87. The van der Waals surface area contributed by atoms with Crippen molar-refractivity contribution >= 4 is 0 Å². The van der Waals surface area contributed by atoms with Gasteiger partial charge >= 0.3 is 0 Å². The molecule has 2 N–H and O–H groups in total. The SMILES string of the molecule is CCCCCCCCOc1ccc(CCN)cc1OCC. The molecule has 0 saturated carbocycles. The molecule has 3 nitrogen and oxygen atoms in total. The van der Waals surface area contributed by atoms with Crippen molar-refractivity contribution in [3.8, 4) is 11.5 Å². The number of hydrogen-bond acceptors (Lipinski definition) is 3. The molecule has 21 heavy (non-hydrogen) atoms. The third kappa shape index (κ3) is 7.37. The van der Waals surface area contributed by atoms with E-state index in [1.165, 1.54) is 37.7 Å². The van der Waals surface area contributed by atoms with E-state index in [1.807, 2.05) is 19.1 Å². The zero-order valence-corrected chi connectivity index (χ0v) is 13.7. The van der Waals surface area contributed by atoms with Gasteiger partial charge in [-0.05, 0) is 44.0 Å². The topological polar surface area (TPSA) is 44.5 Å². The van der Waals surface area contributed by atoms with Crippen molar-refractivity contribution in [3.63, 3.8) is 0 Å². The van der Waals surface area contributed by atoms with Crippen LogP contribution in [0.1, 0.15) is 57.9 Å². The summed E-state index contributed by atoms with van der Waals surface area (Å²) < 4.78 is 11.5. The van der Waals surface area contributed by atoms with Crippen LogP contribution in [0, 0.1) is 0 Å². The Morgan fingerprint density at radius 1 is 0.905 bits per heavy atom. The van der Waals surface area contributed by atoms with Gasteiger partial charge < -0.3 is 15.2 Å². The van der Waals surface area contributed by atoms with Crippen LogP contribution in [0.25, 0.3) is 0 Å². The number of ether oxygens (including phenoxy) is 2. The molecule has 1 aromatic rings. The van der Waals surface area contributed by atoms with Crippen LogP contribution < -0.4 is 15.2 Å². The Hall–Kier alpha value is -1.22. The van der Waals surface area contributed by atoms with Crippen molar-refractivity contribution < 1.29 is 9.47 Å². The second-order valence-electron chi connectivity index (χ2n) is 5.37. The molecule has 0 bridgehead atoms. The lowest BCUT2D eigenvalue weighted by molar-refractivity contribution is 0.270. The minimum atomic E-state index is 0.652. The fourth-order valence-electron chi connectivity index (χ4n) is 2.33. The van der Waals surface area contributed by atoms with Gasteiger partial charge in [0.05, 0.1) is 13.2 Å². The standard InChI is InChI=1S/C18H31NO2/c1-3-5-6-7-8-9-14-21-17-11-10-16(12-13-19)15-18(17)20-4-2/h10-11,15H,3-9,12-14,19H2,1-2H3. The van der Waals surface area contributed by atoms with Crippen LogP contribution in [0.15, 0.2) is 18.2 Å². The molecule has 0 aliphatic carbocycles. The van der Waals surface area contributed by atoms with Gasteiger partial charge in [-0.15, -0.1) is 0 Å². The summed E-state index contributed by atoms with van der Waals surface area (Å²) in [7, 11) is 0. The fourth-order valence-corrected chi connectivity index (χ4v) is 2.33. The van der Waals surface area contributed by atoms with E-state index in [2.05, 4.69) is 13.0 Å². The van der Waals surface area contributed by atoms with Crippen molar-refractivity contribution in [1.82, 2.24) is 0 Å². The summed E-state index contributed by atoms with van der Waals surface area (Å²) in [5, 5.41) is 0. The Kier molecular flexibility index (Phi) is 9.71. The molecule has 0 aliphatic rings. The number of rotatable bonds is 12. The van der Waals surface area contributed by atoms with Crippen LogP contribution >= 0.6 is 0 Å². The van der Waals surface area contributed by atoms with Gasteiger partial charge in [-0.25, -0.2) is 0 Å². The van der Waals surface area contributed by atoms with Crippen LogP contribution in [0.4, 0.5) is 0 Å². The zero-order valence-electron chi connectivity index (χ0n) is 13.7. The largest absolute Gasteiger partial charge is 0.490 e. The summed E-state index contributed by atoms with van der Waals surface area (Å²) in [5.74, 6) is 1.70. The highest BCUT2D eigenvalue weighted by molar-refractivity contribution is 5.43. The smallest absolute Gasteiger partial charge is 0.161 e. The third-order valence-corrected chi connectivity index (χ3v) is 3.50. The van der Waals surface area contributed by atoms with Crippen LogP contribution in [0.3, 0.4) is 0 Å². The average Bonchev–Trinajstić information content (AvgIpc) is 2.49. The van der Waals surface area contributed by atoms with E-state index in [4.69, 9.17) is 15.2 Å². The molecule has 0 radical (unpaired) electrons. The van der Waals surface area contributed by atoms with E-state index < -0.39 is 0 Å². The summed E-state index contributed by atoms with van der Waals surface area (Å²) in [6.07, 6.45) is 8.52. The molecule has 0 atom stereocenters. The number of benzene rings is 1. The van der Waals surface area contributed by atoms with Gasteiger partial charge in [0.15, 0.2) is 11.5 Å². The van der Waals surface area contributed by atoms with Crippen molar-refractivity contribution in [2.45, 2.75) is 58.8 Å². The molecule has 1 rings (SSSR count). The summed E-state index contributed by atoms with van der Waals surface area (Å²) in [4.78, 5) is 0. The number of hydrogen-bond donors (Lipinski definition) is 1. The molecule has 120 valence electrons. The summed E-state index contributed by atoms with van der Waals surface area (Å²) in [5.41, 5.74) is 6.80. The molecule has 0 amide bonds. The Bertz CT molecular complexity index is 379. The summed E-state index contributed by atoms with van der Waals surface area (Å²) in [6, 6.07) is 6.13. The molecular formula is C18H31NO2. The Morgan fingerprint density at radius 3 is 2.38 bits per heavy atom.